The van der Waals surface area contributed by atoms with E-state index in [4.69, 9.17) is 11.6 Å². The van der Waals surface area contributed by atoms with Crippen LogP contribution in [-0.4, -0.2) is 48.5 Å². The van der Waals surface area contributed by atoms with Crippen LogP contribution < -0.4 is 10.2 Å². The van der Waals surface area contributed by atoms with E-state index < -0.39 is 30.2 Å². The lowest BCUT2D eigenvalue weighted by Crippen LogP contribution is -2.68. The number of aliphatic hydroxyl groups is 2. The van der Waals surface area contributed by atoms with Crippen LogP contribution in [0.5, 0.6) is 0 Å². The van der Waals surface area contributed by atoms with E-state index in [-0.39, 0.29) is 28.8 Å². The van der Waals surface area contributed by atoms with Gasteiger partial charge < -0.3 is 15.5 Å². The van der Waals surface area contributed by atoms with Crippen molar-refractivity contribution < 1.29 is 23.4 Å². The largest absolute Gasteiger partial charge is 0.356 e. The minimum Gasteiger partial charge on any atom is -0.356 e. The number of rotatable bonds is 4. The minimum absolute atomic E-state index is 0.0115. The van der Waals surface area contributed by atoms with Gasteiger partial charge in [-0.3, -0.25) is 19.5 Å². The molecule has 37 heavy (non-hydrogen) atoms. The van der Waals surface area contributed by atoms with Crippen LogP contribution in [0.2, 0.25) is 5.02 Å². The van der Waals surface area contributed by atoms with Gasteiger partial charge in [0.1, 0.15) is 0 Å². The number of pyridine rings is 1. The van der Waals surface area contributed by atoms with E-state index in [0.29, 0.717) is 11.2 Å². The van der Waals surface area contributed by atoms with Crippen LogP contribution in [0.15, 0.2) is 53.9 Å². The van der Waals surface area contributed by atoms with Crippen LogP contribution >= 0.6 is 11.6 Å². The van der Waals surface area contributed by atoms with E-state index in [9.17, 15) is 23.4 Å². The Balaban J connectivity index is 1.59. The molecule has 1 aliphatic heterocycles. The molecule has 0 saturated carbocycles. The van der Waals surface area contributed by atoms with Crippen molar-refractivity contribution >= 4 is 39.8 Å². The van der Waals surface area contributed by atoms with E-state index >= 15 is 0 Å². The zero-order valence-electron chi connectivity index (χ0n) is 19.6. The first-order chi connectivity index (χ1) is 17.6. The Hall–Kier alpha value is -3.87. The third-order valence-electron chi connectivity index (χ3n) is 5.79. The van der Waals surface area contributed by atoms with Gasteiger partial charge in [0, 0.05) is 24.8 Å². The van der Waals surface area contributed by atoms with E-state index in [1.807, 2.05) is 0 Å². The molecule has 1 fully saturated rings. The van der Waals surface area contributed by atoms with Crippen LogP contribution in [0.3, 0.4) is 0 Å². The number of aromatic nitrogens is 3. The fourth-order valence-electron chi connectivity index (χ4n) is 4.11. The third kappa shape index (κ3) is 4.78. The lowest BCUT2D eigenvalue weighted by molar-refractivity contribution is -0.0232. The van der Waals surface area contributed by atoms with Gasteiger partial charge in [-0.15, -0.1) is 0 Å². The molecular formula is C24H21ClF3N7O2. The Morgan fingerprint density at radius 1 is 1.08 bits per heavy atom. The normalized spacial score (nSPS) is 19.1. The number of aliphatic hydroxyl groups excluding tert-OH is 2. The van der Waals surface area contributed by atoms with Crippen LogP contribution in [-0.2, 0) is 13.6 Å². The Labute approximate surface area is 214 Å². The van der Waals surface area contributed by atoms with Crippen molar-refractivity contribution in [3.63, 3.8) is 0 Å². The van der Waals surface area contributed by atoms with Gasteiger partial charge in [-0.05, 0) is 48.4 Å². The van der Waals surface area contributed by atoms with Crippen LogP contribution in [0, 0.1) is 24.4 Å². The lowest BCUT2D eigenvalue weighted by Gasteiger charge is -2.46. The van der Waals surface area contributed by atoms with Gasteiger partial charge in [0.05, 0.1) is 34.7 Å². The summed E-state index contributed by atoms with van der Waals surface area (Å²) in [6.45, 7) is 1.48. The second-order valence-corrected chi connectivity index (χ2v) is 9.00. The van der Waals surface area contributed by atoms with Gasteiger partial charge in [0.15, 0.2) is 17.5 Å². The minimum atomic E-state index is -1.60. The second kappa shape index (κ2) is 9.54. The summed E-state index contributed by atoms with van der Waals surface area (Å²) in [5.41, 5.74) is 2.07. The van der Waals surface area contributed by atoms with Crippen molar-refractivity contribution in [3.8, 4) is 0 Å². The summed E-state index contributed by atoms with van der Waals surface area (Å²) in [7, 11) is 1.76. The number of halogens is 4. The molecule has 0 bridgehead atoms. The highest BCUT2D eigenvalue weighted by Gasteiger charge is 2.37. The number of benzene rings is 2. The highest BCUT2D eigenvalue weighted by molar-refractivity contribution is 6.34. The molecule has 2 atom stereocenters. The molecule has 3 heterocycles. The Morgan fingerprint density at radius 3 is 2.51 bits per heavy atom. The highest BCUT2D eigenvalue weighted by atomic mass is 35.5. The van der Waals surface area contributed by atoms with Crippen LogP contribution in [0.1, 0.15) is 11.1 Å². The first-order valence-electron chi connectivity index (χ1n) is 11.0. The van der Waals surface area contributed by atoms with Crippen molar-refractivity contribution in [1.29, 1.82) is 0 Å². The van der Waals surface area contributed by atoms with Gasteiger partial charge in [-0.1, -0.05) is 11.6 Å². The summed E-state index contributed by atoms with van der Waals surface area (Å²) in [5.74, 6) is -4.41. The number of fused-ring (bicyclic) bond motifs is 1. The zero-order chi connectivity index (χ0) is 26.4. The Morgan fingerprint density at radius 2 is 1.81 bits per heavy atom. The van der Waals surface area contributed by atoms with Crippen LogP contribution in [0.4, 0.5) is 24.5 Å². The smallest absolute Gasteiger partial charge is 0.213 e. The van der Waals surface area contributed by atoms with E-state index in [2.05, 4.69) is 20.4 Å². The molecule has 2 aromatic heterocycles. The summed E-state index contributed by atoms with van der Waals surface area (Å²) in [4.78, 5) is 11.0. The van der Waals surface area contributed by atoms with Crippen LogP contribution in [0.25, 0.3) is 10.9 Å². The molecule has 0 amide bonds. The van der Waals surface area contributed by atoms with Crippen molar-refractivity contribution in [2.24, 2.45) is 12.0 Å². The summed E-state index contributed by atoms with van der Waals surface area (Å²) in [6.07, 6.45) is 1.77. The highest BCUT2D eigenvalue weighted by Crippen LogP contribution is 2.32. The number of hydrogen-bond acceptors (Lipinski definition) is 6. The van der Waals surface area contributed by atoms with Gasteiger partial charge >= 0.3 is 0 Å². The topological polar surface area (TPSA) is 102 Å². The fourth-order valence-corrected chi connectivity index (χ4v) is 4.32. The lowest BCUT2D eigenvalue weighted by atomic mass is 10.2. The number of guanidine groups is 1. The summed E-state index contributed by atoms with van der Waals surface area (Å²) >= 11 is 6.43. The maximum absolute atomic E-state index is 14.0. The molecule has 13 heteroatoms. The molecule has 2 aromatic carbocycles. The van der Waals surface area contributed by atoms with Crippen molar-refractivity contribution in [1.82, 2.24) is 25.0 Å². The number of hydrogen-bond donors (Lipinski definition) is 3. The average molecular weight is 532 g/mol. The Bertz CT molecular complexity index is 1510. The van der Waals surface area contributed by atoms with Gasteiger partial charge in [-0.2, -0.15) is 5.10 Å². The molecule has 9 nitrogen and oxygen atoms in total. The molecular weight excluding hydrogens is 511 g/mol. The van der Waals surface area contributed by atoms with Crippen molar-refractivity contribution in [3.05, 3.63) is 82.5 Å². The first-order valence-corrected chi connectivity index (χ1v) is 11.4. The summed E-state index contributed by atoms with van der Waals surface area (Å²) < 4.78 is 43.1. The van der Waals surface area contributed by atoms with E-state index in [1.165, 1.54) is 16.0 Å². The molecule has 0 radical (unpaired) electrons. The van der Waals surface area contributed by atoms with E-state index in [1.54, 1.807) is 49.2 Å². The molecule has 0 spiro atoms. The first kappa shape index (κ1) is 24.8. The maximum Gasteiger partial charge on any atom is 0.213 e. The van der Waals surface area contributed by atoms with Gasteiger partial charge in [0.2, 0.25) is 18.7 Å². The average Bonchev–Trinajstić information content (AvgIpc) is 3.18. The molecule has 0 aliphatic carbocycles. The predicted molar refractivity (Wildman–Crippen MR) is 131 cm³/mol. The van der Waals surface area contributed by atoms with Crippen molar-refractivity contribution in [2.45, 2.75) is 26.2 Å². The number of nitrogens with one attached hydrogen (secondary N) is 1. The van der Waals surface area contributed by atoms with Crippen molar-refractivity contribution in [2.75, 3.05) is 4.90 Å². The summed E-state index contributed by atoms with van der Waals surface area (Å²) in [5, 5.41) is 30.3. The molecule has 4 aromatic rings. The third-order valence-corrected chi connectivity index (χ3v) is 6.09. The standard InChI is InChI=1S/C24H21ClF3N7O2/c1-12-3-15(9-29-8-12)35-23(36)31-22(30-20-6-14-11-33(2)32-19(14)7-16(20)25)34(24(35)37)10-13-4-17(26)21(28)18(27)5-13/h3-9,11,23-24,36-37H,10H2,1-2H3,(H,30,31). The molecule has 1 aliphatic rings. The number of aryl methyl sites for hydroxylation is 2. The molecule has 5 rings (SSSR count). The second-order valence-electron chi connectivity index (χ2n) is 8.59. The SMILES string of the molecule is Cc1cncc(N2C(O)N/C(=N\c3cc4cn(C)nc4cc3Cl)N(Cc3cc(F)c(F)c(F)c3)C2O)c1. The monoisotopic (exact) mass is 531 g/mol. The quantitative estimate of drug-likeness (QED) is 0.346. The molecule has 1 saturated heterocycles. The predicted octanol–water partition coefficient (Wildman–Crippen LogP) is 3.50. The molecule has 2 unspecified atom stereocenters. The van der Waals surface area contributed by atoms with Gasteiger partial charge in [0.25, 0.3) is 0 Å². The number of nitrogens with zero attached hydrogens (tertiary/aromatic N) is 6. The fraction of sp³-hybridized carbons (Fsp3) is 0.208. The number of anilines is 1. The molecule has 192 valence electrons. The zero-order valence-corrected chi connectivity index (χ0v) is 20.3. The molecule has 3 N–H and O–H groups in total. The van der Waals surface area contributed by atoms with Gasteiger partial charge in [-0.25, -0.2) is 18.2 Å². The Kier molecular flexibility index (Phi) is 6.40. The van der Waals surface area contributed by atoms with E-state index in [0.717, 1.165) is 23.1 Å². The summed E-state index contributed by atoms with van der Waals surface area (Å²) in [6, 6.07) is 6.62. The number of aliphatic imine (C=N–C) groups is 1. The maximum atomic E-state index is 14.0.